The standard InChI is InChI=1S/C21H21Cl2N3O3/c1-25(13-19(27)24-15-6-9-17(22)18(23)12-15)21(29)11-14-4-7-16(8-5-14)26-10-2-3-20(26)28/h4-9,12H,2-3,10-11,13H2,1H3,(H,24,27). The Hall–Kier alpha value is -2.57. The van der Waals surface area contributed by atoms with Crippen LogP contribution in [0.4, 0.5) is 11.4 Å². The van der Waals surface area contributed by atoms with Gasteiger partial charge in [-0.25, -0.2) is 0 Å². The molecule has 0 unspecified atom stereocenters. The largest absolute Gasteiger partial charge is 0.336 e. The molecule has 1 fully saturated rings. The predicted molar refractivity (Wildman–Crippen MR) is 114 cm³/mol. The molecule has 1 aliphatic rings. The highest BCUT2D eigenvalue weighted by molar-refractivity contribution is 6.42. The van der Waals surface area contributed by atoms with Gasteiger partial charge in [0.25, 0.3) is 0 Å². The minimum Gasteiger partial charge on any atom is -0.336 e. The molecule has 3 amide bonds. The van der Waals surface area contributed by atoms with Crippen molar-refractivity contribution in [3.63, 3.8) is 0 Å². The fourth-order valence-electron chi connectivity index (χ4n) is 3.10. The zero-order valence-electron chi connectivity index (χ0n) is 16.0. The molecule has 3 rings (SSSR count). The number of amides is 3. The average molecular weight is 434 g/mol. The van der Waals surface area contributed by atoms with Gasteiger partial charge in [0, 0.05) is 31.4 Å². The molecule has 0 atom stereocenters. The molecule has 1 saturated heterocycles. The van der Waals surface area contributed by atoms with Crippen LogP contribution in [0.3, 0.4) is 0 Å². The van der Waals surface area contributed by atoms with E-state index in [9.17, 15) is 14.4 Å². The van der Waals surface area contributed by atoms with Crippen molar-refractivity contribution < 1.29 is 14.4 Å². The van der Waals surface area contributed by atoms with E-state index in [2.05, 4.69) is 5.32 Å². The molecular weight excluding hydrogens is 413 g/mol. The Labute approximate surface area is 179 Å². The lowest BCUT2D eigenvalue weighted by atomic mass is 10.1. The van der Waals surface area contributed by atoms with Crippen molar-refractivity contribution in [1.29, 1.82) is 0 Å². The highest BCUT2D eigenvalue weighted by Crippen LogP contribution is 2.25. The number of halogens is 2. The zero-order valence-corrected chi connectivity index (χ0v) is 17.5. The number of nitrogens with one attached hydrogen (secondary N) is 1. The molecule has 152 valence electrons. The van der Waals surface area contributed by atoms with Crippen LogP contribution < -0.4 is 10.2 Å². The van der Waals surface area contributed by atoms with Gasteiger partial charge in [-0.15, -0.1) is 0 Å². The number of rotatable bonds is 6. The number of benzene rings is 2. The molecular formula is C21H21Cl2N3O3. The van der Waals surface area contributed by atoms with Crippen LogP contribution in [0.5, 0.6) is 0 Å². The summed E-state index contributed by atoms with van der Waals surface area (Å²) in [7, 11) is 1.58. The van der Waals surface area contributed by atoms with E-state index in [0.717, 1.165) is 24.2 Å². The zero-order chi connectivity index (χ0) is 21.0. The maximum atomic E-state index is 12.4. The third kappa shape index (κ3) is 5.49. The Morgan fingerprint density at radius 2 is 1.83 bits per heavy atom. The topological polar surface area (TPSA) is 69.7 Å². The van der Waals surface area contributed by atoms with E-state index in [1.807, 2.05) is 24.3 Å². The van der Waals surface area contributed by atoms with Crippen LogP contribution in [-0.2, 0) is 20.8 Å². The van der Waals surface area contributed by atoms with Crippen LogP contribution in [0.15, 0.2) is 42.5 Å². The summed E-state index contributed by atoms with van der Waals surface area (Å²) in [5, 5.41) is 3.43. The summed E-state index contributed by atoms with van der Waals surface area (Å²) in [5.41, 5.74) is 2.18. The maximum Gasteiger partial charge on any atom is 0.243 e. The van der Waals surface area contributed by atoms with Gasteiger partial charge in [-0.05, 0) is 42.3 Å². The van der Waals surface area contributed by atoms with Crippen molar-refractivity contribution >= 4 is 52.3 Å². The van der Waals surface area contributed by atoms with E-state index in [0.29, 0.717) is 22.2 Å². The lowest BCUT2D eigenvalue weighted by Gasteiger charge is -2.18. The molecule has 2 aromatic carbocycles. The van der Waals surface area contributed by atoms with Gasteiger partial charge in [0.2, 0.25) is 17.7 Å². The van der Waals surface area contributed by atoms with Crippen LogP contribution >= 0.6 is 23.2 Å². The van der Waals surface area contributed by atoms with Crippen LogP contribution in [0, 0.1) is 0 Å². The lowest BCUT2D eigenvalue weighted by molar-refractivity contribution is -0.132. The summed E-state index contributed by atoms with van der Waals surface area (Å²) < 4.78 is 0. The van der Waals surface area contributed by atoms with Gasteiger partial charge in [-0.2, -0.15) is 0 Å². The minimum absolute atomic E-state index is 0.0839. The molecule has 0 saturated carbocycles. The van der Waals surface area contributed by atoms with Gasteiger partial charge in [-0.3, -0.25) is 14.4 Å². The normalized spacial score (nSPS) is 13.5. The molecule has 0 aromatic heterocycles. The summed E-state index contributed by atoms with van der Waals surface area (Å²) in [6, 6.07) is 12.2. The van der Waals surface area contributed by atoms with E-state index in [-0.39, 0.29) is 30.7 Å². The monoisotopic (exact) mass is 433 g/mol. The first kappa shape index (κ1) is 21.1. The second-order valence-electron chi connectivity index (χ2n) is 6.92. The maximum absolute atomic E-state index is 12.4. The summed E-state index contributed by atoms with van der Waals surface area (Å²) in [6.45, 7) is 0.646. The van der Waals surface area contributed by atoms with Crippen LogP contribution in [-0.4, -0.2) is 42.8 Å². The molecule has 0 bridgehead atoms. The third-order valence-corrected chi connectivity index (χ3v) is 5.43. The number of hydrogen-bond donors (Lipinski definition) is 1. The van der Waals surface area contributed by atoms with Gasteiger partial charge in [0.1, 0.15) is 0 Å². The van der Waals surface area contributed by atoms with Crippen LogP contribution in [0.1, 0.15) is 18.4 Å². The fourth-order valence-corrected chi connectivity index (χ4v) is 3.40. The number of carbonyl (C=O) groups excluding carboxylic acids is 3. The number of carbonyl (C=O) groups is 3. The van der Waals surface area contributed by atoms with Gasteiger partial charge in [-0.1, -0.05) is 35.3 Å². The molecule has 0 aliphatic carbocycles. The number of anilines is 2. The van der Waals surface area contributed by atoms with E-state index in [1.54, 1.807) is 30.1 Å². The summed E-state index contributed by atoms with van der Waals surface area (Å²) in [4.78, 5) is 39.5. The predicted octanol–water partition coefficient (Wildman–Crippen LogP) is 3.76. The molecule has 29 heavy (non-hydrogen) atoms. The van der Waals surface area contributed by atoms with Gasteiger partial charge < -0.3 is 15.1 Å². The molecule has 1 heterocycles. The highest BCUT2D eigenvalue weighted by Gasteiger charge is 2.21. The molecule has 6 nitrogen and oxygen atoms in total. The summed E-state index contributed by atoms with van der Waals surface area (Å²) in [6.07, 6.45) is 1.62. The van der Waals surface area contributed by atoms with Crippen molar-refractivity contribution in [2.75, 3.05) is 30.4 Å². The van der Waals surface area contributed by atoms with Crippen molar-refractivity contribution in [2.45, 2.75) is 19.3 Å². The van der Waals surface area contributed by atoms with E-state index in [1.165, 1.54) is 4.90 Å². The molecule has 1 aliphatic heterocycles. The third-order valence-electron chi connectivity index (χ3n) is 4.69. The van der Waals surface area contributed by atoms with Crippen molar-refractivity contribution in [2.24, 2.45) is 0 Å². The van der Waals surface area contributed by atoms with Gasteiger partial charge in [0.15, 0.2) is 0 Å². The Balaban J connectivity index is 1.52. The molecule has 8 heteroatoms. The summed E-state index contributed by atoms with van der Waals surface area (Å²) in [5.74, 6) is -0.386. The van der Waals surface area contributed by atoms with E-state index in [4.69, 9.17) is 23.2 Å². The second kappa shape index (κ2) is 9.29. The number of likely N-dealkylation sites (N-methyl/N-ethyl adjacent to an activating group) is 1. The van der Waals surface area contributed by atoms with Gasteiger partial charge >= 0.3 is 0 Å². The Morgan fingerprint density at radius 3 is 2.45 bits per heavy atom. The Kier molecular flexibility index (Phi) is 6.77. The number of hydrogen-bond acceptors (Lipinski definition) is 3. The highest BCUT2D eigenvalue weighted by atomic mass is 35.5. The minimum atomic E-state index is -0.331. The Morgan fingerprint density at radius 1 is 1.10 bits per heavy atom. The average Bonchev–Trinajstić information content (AvgIpc) is 3.11. The molecule has 2 aromatic rings. The van der Waals surface area contributed by atoms with Crippen molar-refractivity contribution in [1.82, 2.24) is 4.90 Å². The molecule has 0 radical (unpaired) electrons. The number of nitrogens with zero attached hydrogens (tertiary/aromatic N) is 2. The quantitative estimate of drug-likeness (QED) is 0.753. The van der Waals surface area contributed by atoms with E-state index >= 15 is 0 Å². The second-order valence-corrected chi connectivity index (χ2v) is 7.73. The first-order valence-corrected chi connectivity index (χ1v) is 9.97. The van der Waals surface area contributed by atoms with Crippen LogP contribution in [0.2, 0.25) is 10.0 Å². The molecule has 0 spiro atoms. The van der Waals surface area contributed by atoms with Crippen LogP contribution in [0.25, 0.3) is 0 Å². The van der Waals surface area contributed by atoms with Crippen molar-refractivity contribution in [3.8, 4) is 0 Å². The SMILES string of the molecule is CN(CC(=O)Nc1ccc(Cl)c(Cl)c1)C(=O)Cc1ccc(N2CCCC2=O)cc1. The van der Waals surface area contributed by atoms with E-state index < -0.39 is 0 Å². The first-order chi connectivity index (χ1) is 13.8. The fraction of sp³-hybridized carbons (Fsp3) is 0.286. The molecule has 1 N–H and O–H groups in total. The lowest BCUT2D eigenvalue weighted by Crippen LogP contribution is -2.35. The van der Waals surface area contributed by atoms with Gasteiger partial charge in [0.05, 0.1) is 23.0 Å². The van der Waals surface area contributed by atoms with Crippen molar-refractivity contribution in [3.05, 3.63) is 58.1 Å². The first-order valence-electron chi connectivity index (χ1n) is 9.21. The summed E-state index contributed by atoms with van der Waals surface area (Å²) >= 11 is 11.8. The Bertz CT molecular complexity index is 931. The smallest absolute Gasteiger partial charge is 0.243 e.